The number of ether oxygens (including phenoxy) is 2. The van der Waals surface area contributed by atoms with Gasteiger partial charge in [-0.1, -0.05) is 0 Å². The molecule has 0 aliphatic carbocycles. The van der Waals surface area contributed by atoms with Gasteiger partial charge in [0.1, 0.15) is 12.4 Å². The summed E-state index contributed by atoms with van der Waals surface area (Å²) < 4.78 is 40.8. The summed E-state index contributed by atoms with van der Waals surface area (Å²) in [4.78, 5) is 8.37. The first-order chi connectivity index (χ1) is 15.5. The van der Waals surface area contributed by atoms with Crippen LogP contribution in [0.2, 0.25) is 0 Å². The van der Waals surface area contributed by atoms with Gasteiger partial charge in [-0.15, -0.1) is 0 Å². The largest absolute Gasteiger partial charge is 0.494 e. The second-order valence-corrected chi connectivity index (χ2v) is 7.02. The van der Waals surface area contributed by atoms with E-state index in [4.69, 9.17) is 14.6 Å². The van der Waals surface area contributed by atoms with Crippen LogP contribution >= 0.6 is 0 Å². The fraction of sp³-hybridized carbons (Fsp3) is 0.227. The van der Waals surface area contributed by atoms with Gasteiger partial charge in [-0.3, -0.25) is 4.68 Å². The number of nitrogens with one attached hydrogen (secondary N) is 1. The minimum absolute atomic E-state index is 0.00967. The summed E-state index contributed by atoms with van der Waals surface area (Å²) >= 11 is 0. The second kappa shape index (κ2) is 9.15. The minimum Gasteiger partial charge on any atom is -0.494 e. The molecule has 8 nitrogen and oxygen atoms in total. The summed E-state index contributed by atoms with van der Waals surface area (Å²) in [7, 11) is 1.32. The van der Waals surface area contributed by atoms with Gasteiger partial charge in [-0.05, 0) is 36.8 Å². The number of aromatic nitrogens is 4. The van der Waals surface area contributed by atoms with Gasteiger partial charge in [0.2, 0.25) is 5.95 Å². The van der Waals surface area contributed by atoms with E-state index in [0.717, 1.165) is 16.6 Å². The number of aliphatic hydroxyl groups excluding tert-OH is 1. The molecule has 4 aromatic rings. The molecule has 4 rings (SSSR count). The number of anilines is 2. The maximum Gasteiger partial charge on any atom is 0.227 e. The lowest BCUT2D eigenvalue weighted by Gasteiger charge is -2.12. The number of aryl methyl sites for hydroxylation is 1. The van der Waals surface area contributed by atoms with Crippen molar-refractivity contribution in [2.75, 3.05) is 19.0 Å². The predicted molar refractivity (Wildman–Crippen MR) is 114 cm³/mol. The van der Waals surface area contributed by atoms with E-state index < -0.39 is 11.6 Å². The van der Waals surface area contributed by atoms with Gasteiger partial charge in [0, 0.05) is 11.1 Å². The highest BCUT2D eigenvalue weighted by Crippen LogP contribution is 2.27. The summed E-state index contributed by atoms with van der Waals surface area (Å²) in [5.41, 5.74) is 1.70. The van der Waals surface area contributed by atoms with Crippen molar-refractivity contribution in [2.24, 2.45) is 0 Å². The van der Waals surface area contributed by atoms with Crippen LogP contribution in [0.25, 0.3) is 10.9 Å². The van der Waals surface area contributed by atoms with E-state index in [1.165, 1.54) is 32.5 Å². The van der Waals surface area contributed by atoms with Crippen LogP contribution in [0.15, 0.2) is 42.9 Å². The van der Waals surface area contributed by atoms with Gasteiger partial charge in [-0.2, -0.15) is 5.10 Å². The molecule has 32 heavy (non-hydrogen) atoms. The molecular formula is C22H21F2N5O3. The Kier molecular flexibility index (Phi) is 6.13. The van der Waals surface area contributed by atoms with Crippen LogP contribution in [0.1, 0.15) is 11.1 Å². The maximum absolute atomic E-state index is 14.4. The quantitative estimate of drug-likeness (QED) is 0.430. The SMILES string of the molecule is COc1cc(C)c(F)c(COc2cnc(Nc3ccc4c(cnn4CCO)c3)nc2)c1F. The van der Waals surface area contributed by atoms with Crippen molar-refractivity contribution in [3.63, 3.8) is 0 Å². The first kappa shape index (κ1) is 21.4. The lowest BCUT2D eigenvalue weighted by atomic mass is 10.1. The van der Waals surface area contributed by atoms with Crippen molar-refractivity contribution in [1.82, 2.24) is 19.7 Å². The van der Waals surface area contributed by atoms with Crippen LogP contribution in [-0.4, -0.2) is 38.6 Å². The number of hydrogen-bond donors (Lipinski definition) is 2. The van der Waals surface area contributed by atoms with Gasteiger partial charge < -0.3 is 19.9 Å². The Balaban J connectivity index is 1.44. The third kappa shape index (κ3) is 4.30. The smallest absolute Gasteiger partial charge is 0.227 e. The van der Waals surface area contributed by atoms with Gasteiger partial charge >= 0.3 is 0 Å². The number of nitrogens with zero attached hydrogens (tertiary/aromatic N) is 4. The standard InChI is InChI=1S/C22H21F2N5O3/c1-13-7-19(31-2)21(24)17(20(13)23)12-32-16-10-25-22(26-11-16)28-15-3-4-18-14(8-15)9-27-29(18)5-6-30/h3-4,7-11,30H,5-6,12H2,1-2H3,(H,25,26,28). The van der Waals surface area contributed by atoms with Crippen molar-refractivity contribution < 1.29 is 23.4 Å². The molecule has 0 radical (unpaired) electrons. The summed E-state index contributed by atoms with van der Waals surface area (Å²) in [6.45, 7) is 1.62. The number of halogens is 2. The molecule has 2 N–H and O–H groups in total. The van der Waals surface area contributed by atoms with Gasteiger partial charge in [0.25, 0.3) is 0 Å². The highest BCUT2D eigenvalue weighted by atomic mass is 19.1. The van der Waals surface area contributed by atoms with Crippen LogP contribution < -0.4 is 14.8 Å². The second-order valence-electron chi connectivity index (χ2n) is 7.02. The van der Waals surface area contributed by atoms with Crippen LogP contribution in [0, 0.1) is 18.6 Å². The zero-order valence-electron chi connectivity index (χ0n) is 17.5. The number of rotatable bonds is 8. The molecule has 2 aromatic carbocycles. The van der Waals surface area contributed by atoms with E-state index >= 15 is 0 Å². The zero-order valence-corrected chi connectivity index (χ0v) is 17.5. The third-order valence-electron chi connectivity index (χ3n) is 4.88. The first-order valence-corrected chi connectivity index (χ1v) is 9.80. The van der Waals surface area contributed by atoms with Gasteiger partial charge in [0.05, 0.1) is 49.9 Å². The average Bonchev–Trinajstić information content (AvgIpc) is 3.19. The Morgan fingerprint density at radius 3 is 2.59 bits per heavy atom. The van der Waals surface area contributed by atoms with Crippen molar-refractivity contribution in [1.29, 1.82) is 0 Å². The molecule has 0 spiro atoms. The number of aliphatic hydroxyl groups is 1. The molecule has 0 bridgehead atoms. The maximum atomic E-state index is 14.4. The summed E-state index contributed by atoms with van der Waals surface area (Å²) in [6.07, 6.45) is 4.54. The Morgan fingerprint density at radius 1 is 1.09 bits per heavy atom. The molecule has 2 heterocycles. The highest BCUT2D eigenvalue weighted by molar-refractivity contribution is 5.83. The number of fused-ring (bicyclic) bond motifs is 1. The van der Waals surface area contributed by atoms with Crippen molar-refractivity contribution in [3.05, 3.63) is 65.6 Å². The number of methoxy groups -OCH3 is 1. The van der Waals surface area contributed by atoms with Crippen LogP contribution in [0.4, 0.5) is 20.4 Å². The molecule has 0 saturated heterocycles. The van der Waals surface area contributed by atoms with Crippen LogP contribution in [-0.2, 0) is 13.2 Å². The molecule has 0 unspecified atom stereocenters. The fourth-order valence-electron chi connectivity index (χ4n) is 3.26. The summed E-state index contributed by atoms with van der Waals surface area (Å²) in [5, 5.41) is 17.3. The third-order valence-corrected chi connectivity index (χ3v) is 4.88. The topological polar surface area (TPSA) is 94.3 Å². The Labute approximate surface area is 182 Å². The van der Waals surface area contributed by atoms with Crippen LogP contribution in [0.3, 0.4) is 0 Å². The van der Waals surface area contributed by atoms with Gasteiger partial charge in [-0.25, -0.2) is 18.7 Å². The lowest BCUT2D eigenvalue weighted by molar-refractivity contribution is 0.271. The fourth-order valence-corrected chi connectivity index (χ4v) is 3.26. The Hall–Kier alpha value is -3.79. The average molecular weight is 441 g/mol. The monoisotopic (exact) mass is 441 g/mol. The Morgan fingerprint density at radius 2 is 1.88 bits per heavy atom. The van der Waals surface area contributed by atoms with Crippen LogP contribution in [0.5, 0.6) is 11.5 Å². The normalized spacial score (nSPS) is 11.0. The lowest BCUT2D eigenvalue weighted by Crippen LogP contribution is -2.06. The van der Waals surface area contributed by atoms with E-state index in [1.807, 2.05) is 18.2 Å². The molecule has 0 fully saturated rings. The number of benzene rings is 2. The molecule has 0 saturated carbocycles. The molecular weight excluding hydrogens is 420 g/mol. The molecule has 0 atom stereocenters. The van der Waals surface area contributed by atoms with E-state index in [0.29, 0.717) is 12.5 Å². The van der Waals surface area contributed by atoms with Crippen molar-refractivity contribution in [3.8, 4) is 11.5 Å². The van der Waals surface area contributed by atoms with Gasteiger partial charge in [0.15, 0.2) is 17.3 Å². The predicted octanol–water partition coefficient (Wildman–Crippen LogP) is 3.74. The molecule has 166 valence electrons. The highest BCUT2D eigenvalue weighted by Gasteiger charge is 2.18. The van der Waals surface area contributed by atoms with Crippen molar-refractivity contribution in [2.45, 2.75) is 20.1 Å². The van der Waals surface area contributed by atoms with E-state index in [-0.39, 0.29) is 35.8 Å². The zero-order chi connectivity index (χ0) is 22.7. The number of hydrogen-bond acceptors (Lipinski definition) is 7. The van der Waals surface area contributed by atoms with E-state index in [9.17, 15) is 8.78 Å². The Bertz CT molecular complexity index is 1240. The molecule has 0 amide bonds. The minimum atomic E-state index is -0.799. The van der Waals surface area contributed by atoms with E-state index in [1.54, 1.807) is 10.9 Å². The van der Waals surface area contributed by atoms with Crippen molar-refractivity contribution >= 4 is 22.5 Å². The molecule has 10 heteroatoms. The van der Waals surface area contributed by atoms with E-state index in [2.05, 4.69) is 20.4 Å². The first-order valence-electron chi connectivity index (χ1n) is 9.80. The summed E-state index contributed by atoms with van der Waals surface area (Å²) in [6, 6.07) is 6.92. The molecule has 0 aliphatic heterocycles. The summed E-state index contributed by atoms with van der Waals surface area (Å²) in [5.74, 6) is -0.936. The molecule has 0 aliphatic rings. The molecule has 2 aromatic heterocycles.